The van der Waals surface area contributed by atoms with Gasteiger partial charge in [0.25, 0.3) is 0 Å². The summed E-state index contributed by atoms with van der Waals surface area (Å²) in [6.07, 6.45) is 6.55. The van der Waals surface area contributed by atoms with Crippen molar-refractivity contribution in [3.8, 4) is 6.07 Å². The summed E-state index contributed by atoms with van der Waals surface area (Å²) in [5.41, 5.74) is 1.80. The lowest BCUT2D eigenvalue weighted by molar-refractivity contribution is 0.463. The van der Waals surface area contributed by atoms with Crippen molar-refractivity contribution in [2.45, 2.75) is 38.1 Å². The molecule has 2 rings (SSSR count). The molecule has 0 atom stereocenters. The zero-order valence-corrected chi connectivity index (χ0v) is 10.8. The molecule has 0 aromatic heterocycles. The van der Waals surface area contributed by atoms with E-state index in [0.717, 1.165) is 10.2 Å². The number of nitriles is 1. The molecule has 16 heavy (non-hydrogen) atoms. The molecule has 1 aliphatic carbocycles. The lowest BCUT2D eigenvalue weighted by atomic mass is 9.95. The van der Waals surface area contributed by atoms with Crippen LogP contribution in [-0.2, 0) is 0 Å². The highest BCUT2D eigenvalue weighted by molar-refractivity contribution is 9.10. The number of anilines is 1. The fraction of sp³-hybridized carbons (Fsp3) is 0.462. The zero-order valence-electron chi connectivity index (χ0n) is 9.17. The summed E-state index contributed by atoms with van der Waals surface area (Å²) >= 11 is 3.41. The minimum atomic E-state index is 0.605. The number of benzene rings is 1. The van der Waals surface area contributed by atoms with Gasteiger partial charge in [-0.25, -0.2) is 0 Å². The topological polar surface area (TPSA) is 35.8 Å². The van der Waals surface area contributed by atoms with E-state index in [4.69, 9.17) is 5.26 Å². The molecular weight excluding hydrogens is 264 g/mol. The van der Waals surface area contributed by atoms with Crippen molar-refractivity contribution in [2.75, 3.05) is 5.32 Å². The standard InChI is InChI=1S/C13H15BrN2/c14-13-8-12(7-6-10(13)9-15)16-11-4-2-1-3-5-11/h6-8,11,16H,1-5H2. The van der Waals surface area contributed by atoms with Crippen molar-refractivity contribution in [3.05, 3.63) is 28.2 Å². The molecule has 1 saturated carbocycles. The smallest absolute Gasteiger partial charge is 0.100 e. The molecule has 1 aliphatic rings. The van der Waals surface area contributed by atoms with Gasteiger partial charge in [0.05, 0.1) is 5.56 Å². The second-order valence-corrected chi connectivity index (χ2v) is 5.14. The Hall–Kier alpha value is -1.01. The minimum Gasteiger partial charge on any atom is -0.382 e. The van der Waals surface area contributed by atoms with Crippen LogP contribution in [0.2, 0.25) is 0 Å². The largest absolute Gasteiger partial charge is 0.382 e. The van der Waals surface area contributed by atoms with E-state index in [2.05, 4.69) is 27.3 Å². The Morgan fingerprint density at radius 2 is 2.00 bits per heavy atom. The van der Waals surface area contributed by atoms with Gasteiger partial charge in [0.2, 0.25) is 0 Å². The summed E-state index contributed by atoms with van der Waals surface area (Å²) in [6.45, 7) is 0. The first kappa shape index (κ1) is 11.5. The average Bonchev–Trinajstić information content (AvgIpc) is 2.31. The minimum absolute atomic E-state index is 0.605. The van der Waals surface area contributed by atoms with Crippen LogP contribution in [0.25, 0.3) is 0 Å². The van der Waals surface area contributed by atoms with Crippen molar-refractivity contribution < 1.29 is 0 Å². The van der Waals surface area contributed by atoms with Gasteiger partial charge >= 0.3 is 0 Å². The van der Waals surface area contributed by atoms with Gasteiger partial charge in [0.1, 0.15) is 6.07 Å². The maximum absolute atomic E-state index is 8.83. The molecule has 1 aromatic carbocycles. The Bertz CT molecular complexity index is 403. The Kier molecular flexibility index (Phi) is 3.84. The molecule has 0 spiro atoms. The van der Waals surface area contributed by atoms with E-state index < -0.39 is 0 Å². The second-order valence-electron chi connectivity index (χ2n) is 4.29. The van der Waals surface area contributed by atoms with E-state index in [1.165, 1.54) is 32.1 Å². The first-order valence-electron chi connectivity index (χ1n) is 5.76. The van der Waals surface area contributed by atoms with Crippen LogP contribution in [-0.4, -0.2) is 6.04 Å². The van der Waals surface area contributed by atoms with Crippen molar-refractivity contribution in [3.63, 3.8) is 0 Å². The maximum atomic E-state index is 8.83. The van der Waals surface area contributed by atoms with Crippen LogP contribution in [0.3, 0.4) is 0 Å². The van der Waals surface area contributed by atoms with Crippen molar-refractivity contribution in [1.29, 1.82) is 5.26 Å². The summed E-state index contributed by atoms with van der Waals surface area (Å²) in [5.74, 6) is 0. The molecule has 0 aliphatic heterocycles. The Balaban J connectivity index is 2.04. The fourth-order valence-electron chi connectivity index (χ4n) is 2.18. The van der Waals surface area contributed by atoms with E-state index in [9.17, 15) is 0 Å². The highest BCUT2D eigenvalue weighted by Gasteiger charge is 2.13. The van der Waals surface area contributed by atoms with Gasteiger partial charge in [-0.2, -0.15) is 5.26 Å². The monoisotopic (exact) mass is 278 g/mol. The highest BCUT2D eigenvalue weighted by Crippen LogP contribution is 2.25. The molecule has 0 bridgehead atoms. The van der Waals surface area contributed by atoms with Crippen LogP contribution in [0.1, 0.15) is 37.7 Å². The van der Waals surface area contributed by atoms with E-state index in [0.29, 0.717) is 11.6 Å². The number of nitrogens with zero attached hydrogens (tertiary/aromatic N) is 1. The lowest BCUT2D eigenvalue weighted by Gasteiger charge is -2.24. The molecule has 1 fully saturated rings. The van der Waals surface area contributed by atoms with Gasteiger partial charge in [-0.05, 0) is 47.0 Å². The van der Waals surface area contributed by atoms with E-state index in [1.54, 1.807) is 0 Å². The highest BCUT2D eigenvalue weighted by atomic mass is 79.9. The summed E-state index contributed by atoms with van der Waals surface area (Å²) < 4.78 is 0.871. The number of rotatable bonds is 2. The Labute approximate surface area is 105 Å². The molecule has 1 N–H and O–H groups in total. The first-order valence-corrected chi connectivity index (χ1v) is 6.55. The third kappa shape index (κ3) is 2.76. The van der Waals surface area contributed by atoms with Crippen molar-refractivity contribution >= 4 is 21.6 Å². The molecule has 0 saturated heterocycles. The molecule has 2 nitrogen and oxygen atoms in total. The number of halogens is 1. The molecule has 1 aromatic rings. The Morgan fingerprint density at radius 1 is 1.25 bits per heavy atom. The molecule has 0 amide bonds. The van der Waals surface area contributed by atoms with Crippen LogP contribution in [0.4, 0.5) is 5.69 Å². The predicted octanol–water partition coefficient (Wildman–Crippen LogP) is 4.07. The van der Waals surface area contributed by atoms with Crippen LogP contribution < -0.4 is 5.32 Å². The molecule has 84 valence electrons. The third-order valence-electron chi connectivity index (χ3n) is 3.07. The van der Waals surface area contributed by atoms with Crippen LogP contribution in [0, 0.1) is 11.3 Å². The average molecular weight is 279 g/mol. The van der Waals surface area contributed by atoms with Crippen LogP contribution in [0.15, 0.2) is 22.7 Å². The molecule has 3 heteroatoms. The predicted molar refractivity (Wildman–Crippen MR) is 69.4 cm³/mol. The number of hydrogen-bond donors (Lipinski definition) is 1. The van der Waals surface area contributed by atoms with Gasteiger partial charge in [0.15, 0.2) is 0 Å². The van der Waals surface area contributed by atoms with Gasteiger partial charge < -0.3 is 5.32 Å². The zero-order chi connectivity index (χ0) is 11.4. The van der Waals surface area contributed by atoms with Crippen LogP contribution >= 0.6 is 15.9 Å². The molecule has 0 heterocycles. The summed E-state index contributed by atoms with van der Waals surface area (Å²) in [7, 11) is 0. The van der Waals surface area contributed by atoms with Crippen molar-refractivity contribution in [1.82, 2.24) is 0 Å². The first-order chi connectivity index (χ1) is 7.79. The van der Waals surface area contributed by atoms with Gasteiger partial charge in [0, 0.05) is 16.2 Å². The number of nitrogens with one attached hydrogen (secondary N) is 1. The van der Waals surface area contributed by atoms with Crippen molar-refractivity contribution in [2.24, 2.45) is 0 Å². The SMILES string of the molecule is N#Cc1ccc(NC2CCCCC2)cc1Br. The normalized spacial score (nSPS) is 16.8. The fourth-order valence-corrected chi connectivity index (χ4v) is 2.65. The van der Waals surface area contributed by atoms with Gasteiger partial charge in [-0.15, -0.1) is 0 Å². The maximum Gasteiger partial charge on any atom is 0.100 e. The molecule has 0 unspecified atom stereocenters. The molecule has 0 radical (unpaired) electrons. The summed E-state index contributed by atoms with van der Waals surface area (Å²) in [5, 5.41) is 12.4. The third-order valence-corrected chi connectivity index (χ3v) is 3.72. The van der Waals surface area contributed by atoms with Gasteiger partial charge in [-0.1, -0.05) is 19.3 Å². The van der Waals surface area contributed by atoms with E-state index in [1.807, 2.05) is 18.2 Å². The van der Waals surface area contributed by atoms with Gasteiger partial charge in [-0.3, -0.25) is 0 Å². The summed E-state index contributed by atoms with van der Waals surface area (Å²) in [6, 6.07) is 8.59. The van der Waals surface area contributed by atoms with Crippen LogP contribution in [0.5, 0.6) is 0 Å². The quantitative estimate of drug-likeness (QED) is 0.885. The number of hydrogen-bond acceptors (Lipinski definition) is 2. The molecular formula is C13H15BrN2. The lowest BCUT2D eigenvalue weighted by Crippen LogP contribution is -2.22. The Morgan fingerprint density at radius 3 is 2.62 bits per heavy atom. The summed E-state index contributed by atoms with van der Waals surface area (Å²) in [4.78, 5) is 0. The second kappa shape index (κ2) is 5.36. The van der Waals surface area contributed by atoms with E-state index in [-0.39, 0.29) is 0 Å². The van der Waals surface area contributed by atoms with E-state index >= 15 is 0 Å².